The van der Waals surface area contributed by atoms with E-state index < -0.39 is 25.8 Å². The summed E-state index contributed by atoms with van der Waals surface area (Å²) in [5, 5.41) is 3.51. The highest BCUT2D eigenvalue weighted by Gasteiger charge is 2.18. The van der Waals surface area contributed by atoms with E-state index >= 15 is 0 Å². The Balaban J connectivity index is 1.92. The summed E-state index contributed by atoms with van der Waals surface area (Å²) in [7, 11) is -7.41. The van der Waals surface area contributed by atoms with E-state index in [1.165, 1.54) is 12.1 Å². The quantitative estimate of drug-likeness (QED) is 0.758. The van der Waals surface area contributed by atoms with Crippen LogP contribution >= 0.6 is 11.3 Å². The van der Waals surface area contributed by atoms with Crippen LogP contribution in [0.4, 0.5) is 5.82 Å². The van der Waals surface area contributed by atoms with Crippen molar-refractivity contribution in [2.24, 2.45) is 0 Å². The number of aromatic nitrogens is 1. The van der Waals surface area contributed by atoms with Crippen molar-refractivity contribution in [3.63, 3.8) is 0 Å². The van der Waals surface area contributed by atoms with Crippen LogP contribution in [0.25, 0.3) is 0 Å². The largest absolute Gasteiger partial charge is 0.360 e. The van der Waals surface area contributed by atoms with Gasteiger partial charge in [-0.25, -0.2) is 21.6 Å². The fourth-order valence-corrected chi connectivity index (χ4v) is 4.94. The second-order valence-electron chi connectivity index (χ2n) is 4.51. The average Bonchev–Trinajstić information content (AvgIpc) is 2.97. The molecule has 0 atom stereocenters. The molecular weight excluding hydrogens is 350 g/mol. The molecule has 0 amide bonds. The number of hydrogen-bond acceptors (Lipinski definition) is 7. The predicted octanol–water partition coefficient (Wildman–Crippen LogP) is 1.07. The Hall–Kier alpha value is -1.43. The standard InChI is InChI=1S/C11H15N3O5S3/c1-8-7-10(13-19-8)14-21(15,16)6-5-12-22(17,18)11-4-3-9(2)20-11/h3-4,7,12H,5-6H2,1-2H3,(H,13,14). The smallest absolute Gasteiger partial charge is 0.250 e. The first-order chi connectivity index (χ1) is 10.2. The molecule has 11 heteroatoms. The van der Waals surface area contributed by atoms with E-state index in [-0.39, 0.29) is 16.6 Å². The Bertz CT molecular complexity index is 851. The number of sulfonamides is 2. The second-order valence-corrected chi connectivity index (χ2v) is 9.63. The fraction of sp³-hybridized carbons (Fsp3) is 0.364. The van der Waals surface area contributed by atoms with Crippen molar-refractivity contribution in [1.82, 2.24) is 9.88 Å². The summed E-state index contributed by atoms with van der Waals surface area (Å²) in [6.45, 7) is 3.17. The maximum Gasteiger partial charge on any atom is 0.250 e. The van der Waals surface area contributed by atoms with Gasteiger partial charge in [-0.05, 0) is 26.0 Å². The molecule has 2 N–H and O–H groups in total. The van der Waals surface area contributed by atoms with Crippen LogP contribution in [0.15, 0.2) is 26.9 Å². The maximum atomic E-state index is 11.9. The van der Waals surface area contributed by atoms with Crippen LogP contribution in [-0.2, 0) is 20.0 Å². The topological polar surface area (TPSA) is 118 Å². The lowest BCUT2D eigenvalue weighted by molar-refractivity contribution is 0.400. The zero-order valence-electron chi connectivity index (χ0n) is 11.9. The van der Waals surface area contributed by atoms with Crippen molar-refractivity contribution in [2.45, 2.75) is 18.1 Å². The highest BCUT2D eigenvalue weighted by molar-refractivity contribution is 7.93. The molecule has 2 aromatic rings. The summed E-state index contributed by atoms with van der Waals surface area (Å²) >= 11 is 1.12. The number of hydrogen-bond donors (Lipinski definition) is 2. The number of anilines is 1. The molecule has 0 unspecified atom stereocenters. The molecule has 2 rings (SSSR count). The molecule has 2 heterocycles. The highest BCUT2D eigenvalue weighted by Crippen LogP contribution is 2.20. The summed E-state index contributed by atoms with van der Waals surface area (Å²) in [6, 6.07) is 4.59. The minimum atomic E-state index is -3.72. The number of nitrogens with zero attached hydrogens (tertiary/aromatic N) is 1. The van der Waals surface area contributed by atoms with Gasteiger partial charge in [0.15, 0.2) is 5.82 Å². The van der Waals surface area contributed by atoms with Gasteiger partial charge in [-0.3, -0.25) is 4.72 Å². The van der Waals surface area contributed by atoms with Gasteiger partial charge in [0.1, 0.15) is 9.97 Å². The third-order valence-electron chi connectivity index (χ3n) is 2.53. The van der Waals surface area contributed by atoms with Crippen LogP contribution in [-0.4, -0.2) is 34.3 Å². The lowest BCUT2D eigenvalue weighted by Gasteiger charge is -2.06. The van der Waals surface area contributed by atoms with E-state index in [1.54, 1.807) is 19.9 Å². The molecule has 0 saturated carbocycles. The molecule has 2 aromatic heterocycles. The summed E-state index contributed by atoms with van der Waals surface area (Å²) in [6.07, 6.45) is 0. The van der Waals surface area contributed by atoms with E-state index in [9.17, 15) is 16.8 Å². The minimum Gasteiger partial charge on any atom is -0.360 e. The molecule has 0 aromatic carbocycles. The van der Waals surface area contributed by atoms with E-state index in [1.807, 2.05) is 0 Å². The molecule has 0 aliphatic rings. The van der Waals surface area contributed by atoms with E-state index in [0.717, 1.165) is 16.2 Å². The van der Waals surface area contributed by atoms with Gasteiger partial charge in [-0.2, -0.15) is 0 Å². The normalized spacial score (nSPS) is 12.5. The Morgan fingerprint density at radius 2 is 1.95 bits per heavy atom. The molecule has 0 fully saturated rings. The van der Waals surface area contributed by atoms with E-state index in [0.29, 0.717) is 5.76 Å². The zero-order chi connectivity index (χ0) is 16.4. The van der Waals surface area contributed by atoms with Crippen molar-refractivity contribution < 1.29 is 21.4 Å². The molecule has 0 radical (unpaired) electrons. The number of nitrogens with one attached hydrogen (secondary N) is 2. The second kappa shape index (κ2) is 6.36. The van der Waals surface area contributed by atoms with Crippen LogP contribution in [0.3, 0.4) is 0 Å². The molecule has 0 aliphatic heterocycles. The Morgan fingerprint density at radius 1 is 1.23 bits per heavy atom. The molecule has 0 aliphatic carbocycles. The number of thiophene rings is 1. The van der Waals surface area contributed by atoms with Gasteiger partial charge >= 0.3 is 0 Å². The van der Waals surface area contributed by atoms with E-state index in [4.69, 9.17) is 4.52 Å². The molecule has 0 saturated heterocycles. The van der Waals surface area contributed by atoms with Crippen molar-refractivity contribution >= 4 is 37.2 Å². The molecular formula is C11H15N3O5S3. The third-order valence-corrected chi connectivity index (χ3v) is 6.75. The van der Waals surface area contributed by atoms with Crippen LogP contribution in [0.1, 0.15) is 10.6 Å². The highest BCUT2D eigenvalue weighted by atomic mass is 32.2. The summed E-state index contributed by atoms with van der Waals surface area (Å²) in [5.74, 6) is 0.114. The average molecular weight is 365 g/mol. The van der Waals surface area contributed by atoms with Gasteiger partial charge < -0.3 is 4.52 Å². The van der Waals surface area contributed by atoms with Crippen molar-refractivity contribution in [2.75, 3.05) is 17.0 Å². The van der Waals surface area contributed by atoms with Gasteiger partial charge in [-0.1, -0.05) is 5.16 Å². The van der Waals surface area contributed by atoms with Gasteiger partial charge in [-0.15, -0.1) is 11.3 Å². The van der Waals surface area contributed by atoms with E-state index in [2.05, 4.69) is 14.6 Å². The molecule has 8 nitrogen and oxygen atoms in total. The molecule has 0 spiro atoms. The van der Waals surface area contributed by atoms with Crippen molar-refractivity contribution in [1.29, 1.82) is 0 Å². The van der Waals surface area contributed by atoms with Gasteiger partial charge in [0.25, 0.3) is 0 Å². The Kier molecular flexibility index (Phi) is 4.90. The summed E-state index contributed by atoms with van der Waals surface area (Å²) in [5.41, 5.74) is 0. The number of rotatable bonds is 7. The summed E-state index contributed by atoms with van der Waals surface area (Å²) < 4.78 is 56.9. The summed E-state index contributed by atoms with van der Waals surface area (Å²) in [4.78, 5) is 0.857. The maximum absolute atomic E-state index is 11.9. The van der Waals surface area contributed by atoms with Crippen LogP contribution in [0.5, 0.6) is 0 Å². The molecule has 122 valence electrons. The Morgan fingerprint density at radius 3 is 2.50 bits per heavy atom. The van der Waals surface area contributed by atoms with Gasteiger partial charge in [0, 0.05) is 17.5 Å². The SMILES string of the molecule is Cc1cc(NS(=O)(=O)CCNS(=O)(=O)c2ccc(C)s2)no1. The molecule has 22 heavy (non-hydrogen) atoms. The van der Waals surface area contributed by atoms with Crippen LogP contribution < -0.4 is 9.44 Å². The fourth-order valence-electron chi connectivity index (χ4n) is 1.56. The monoisotopic (exact) mass is 365 g/mol. The van der Waals surface area contributed by atoms with Crippen LogP contribution in [0, 0.1) is 13.8 Å². The third kappa shape index (κ3) is 4.53. The first kappa shape index (κ1) is 16.9. The zero-order valence-corrected chi connectivity index (χ0v) is 14.3. The number of aryl methyl sites for hydroxylation is 2. The first-order valence-corrected chi connectivity index (χ1v) is 10.1. The van der Waals surface area contributed by atoms with Crippen LogP contribution in [0.2, 0.25) is 0 Å². The molecule has 0 bridgehead atoms. The van der Waals surface area contributed by atoms with Gasteiger partial charge in [0.2, 0.25) is 20.0 Å². The Labute approximate surface area is 132 Å². The lowest BCUT2D eigenvalue weighted by Crippen LogP contribution is -2.30. The van der Waals surface area contributed by atoms with Crippen molar-refractivity contribution in [3.05, 3.63) is 28.8 Å². The lowest BCUT2D eigenvalue weighted by atomic mass is 10.5. The predicted molar refractivity (Wildman–Crippen MR) is 82.9 cm³/mol. The van der Waals surface area contributed by atoms with Crippen molar-refractivity contribution in [3.8, 4) is 0 Å². The first-order valence-electron chi connectivity index (χ1n) is 6.18. The minimum absolute atomic E-state index is 0.0641. The van der Waals surface area contributed by atoms with Gasteiger partial charge in [0.05, 0.1) is 5.75 Å².